The Labute approximate surface area is 159 Å². The molecule has 11 heteroatoms. The first-order valence-corrected chi connectivity index (χ1v) is 8.34. The van der Waals surface area contributed by atoms with Crippen molar-refractivity contribution in [2.24, 2.45) is 0 Å². The Balaban J connectivity index is 2.04. The molecule has 0 aliphatic carbocycles. The summed E-state index contributed by atoms with van der Waals surface area (Å²) in [6.45, 7) is -1.09. The van der Waals surface area contributed by atoms with E-state index in [2.05, 4.69) is 5.32 Å². The number of nitrogens with one attached hydrogen (secondary N) is 1. The standard InChI is InChI=1S/C17H20N4O7/c18-11-3-1-10(2-4-11)16(27)19-8-13(22)21-6-5-20(9-15(25)26)17(28)12(21)7-14(23)24/h1-4,12H,5-9,18H2,(H,19,27)(H,23,24)(H,25,26)/t12-/m0/s1. The molecule has 3 amide bonds. The highest BCUT2D eigenvalue weighted by atomic mass is 16.4. The van der Waals surface area contributed by atoms with Gasteiger partial charge in [-0.1, -0.05) is 0 Å². The summed E-state index contributed by atoms with van der Waals surface area (Å²) < 4.78 is 0. The minimum absolute atomic E-state index is 0.0342. The maximum absolute atomic E-state index is 12.5. The van der Waals surface area contributed by atoms with Gasteiger partial charge in [-0.25, -0.2) is 0 Å². The molecule has 1 aromatic carbocycles. The van der Waals surface area contributed by atoms with Crippen molar-refractivity contribution in [1.29, 1.82) is 0 Å². The lowest BCUT2D eigenvalue weighted by atomic mass is 10.1. The van der Waals surface area contributed by atoms with Crippen molar-refractivity contribution in [3.8, 4) is 0 Å². The molecule has 1 aromatic rings. The van der Waals surface area contributed by atoms with Crippen LogP contribution in [0.5, 0.6) is 0 Å². The minimum Gasteiger partial charge on any atom is -0.481 e. The van der Waals surface area contributed by atoms with E-state index in [-0.39, 0.29) is 18.7 Å². The van der Waals surface area contributed by atoms with Crippen molar-refractivity contribution in [3.63, 3.8) is 0 Å². The number of hydrogen-bond donors (Lipinski definition) is 4. The number of piperazine rings is 1. The van der Waals surface area contributed by atoms with Crippen LogP contribution >= 0.6 is 0 Å². The van der Waals surface area contributed by atoms with Crippen LogP contribution in [0.3, 0.4) is 0 Å². The average molecular weight is 392 g/mol. The molecule has 1 heterocycles. The first kappa shape index (κ1) is 20.7. The van der Waals surface area contributed by atoms with Crippen LogP contribution in [-0.2, 0) is 19.2 Å². The van der Waals surface area contributed by atoms with Crippen molar-refractivity contribution in [2.75, 3.05) is 31.9 Å². The highest BCUT2D eigenvalue weighted by Crippen LogP contribution is 2.15. The molecule has 0 radical (unpaired) electrons. The highest BCUT2D eigenvalue weighted by molar-refractivity contribution is 5.98. The summed E-state index contributed by atoms with van der Waals surface area (Å²) in [6, 6.07) is 4.69. The molecule has 2 rings (SSSR count). The summed E-state index contributed by atoms with van der Waals surface area (Å²) >= 11 is 0. The second-order valence-electron chi connectivity index (χ2n) is 6.16. The van der Waals surface area contributed by atoms with Gasteiger partial charge in [0, 0.05) is 24.3 Å². The molecular formula is C17H20N4O7. The van der Waals surface area contributed by atoms with Gasteiger partial charge in [-0.2, -0.15) is 0 Å². The highest BCUT2D eigenvalue weighted by Gasteiger charge is 2.39. The third kappa shape index (κ3) is 5.19. The number of nitrogen functional groups attached to an aromatic ring is 1. The third-order valence-corrected chi connectivity index (χ3v) is 4.17. The van der Waals surface area contributed by atoms with Crippen LogP contribution in [0.4, 0.5) is 5.69 Å². The summed E-state index contributed by atoms with van der Waals surface area (Å²) in [7, 11) is 0. The van der Waals surface area contributed by atoms with Crippen molar-refractivity contribution < 1.29 is 34.2 Å². The van der Waals surface area contributed by atoms with E-state index in [0.717, 1.165) is 9.80 Å². The summed E-state index contributed by atoms with van der Waals surface area (Å²) in [4.78, 5) is 60.9. The number of hydrogen-bond acceptors (Lipinski definition) is 6. The predicted molar refractivity (Wildman–Crippen MR) is 95.2 cm³/mol. The fourth-order valence-corrected chi connectivity index (χ4v) is 2.81. The minimum atomic E-state index is -1.33. The molecule has 0 spiro atoms. The van der Waals surface area contributed by atoms with Gasteiger partial charge in [-0.05, 0) is 24.3 Å². The van der Waals surface area contributed by atoms with E-state index in [9.17, 15) is 24.0 Å². The van der Waals surface area contributed by atoms with E-state index < -0.39 is 55.2 Å². The molecule has 150 valence electrons. The summed E-state index contributed by atoms with van der Waals surface area (Å²) in [6.07, 6.45) is -0.660. The Morgan fingerprint density at radius 2 is 1.71 bits per heavy atom. The molecule has 0 unspecified atom stereocenters. The lowest BCUT2D eigenvalue weighted by Gasteiger charge is -2.39. The zero-order valence-electron chi connectivity index (χ0n) is 14.8. The number of benzene rings is 1. The second kappa shape index (κ2) is 8.84. The predicted octanol–water partition coefficient (Wildman–Crippen LogP) is -1.40. The number of rotatable bonds is 7. The molecule has 1 fully saturated rings. The van der Waals surface area contributed by atoms with Gasteiger partial charge in [0.2, 0.25) is 11.8 Å². The number of carboxylic acids is 2. The van der Waals surface area contributed by atoms with Crippen LogP contribution in [0.25, 0.3) is 0 Å². The van der Waals surface area contributed by atoms with E-state index in [1.807, 2.05) is 0 Å². The van der Waals surface area contributed by atoms with E-state index in [1.165, 1.54) is 24.3 Å². The Hall–Kier alpha value is -3.63. The number of anilines is 1. The van der Waals surface area contributed by atoms with E-state index in [1.54, 1.807) is 0 Å². The molecule has 1 saturated heterocycles. The zero-order valence-corrected chi connectivity index (χ0v) is 14.8. The lowest BCUT2D eigenvalue weighted by molar-refractivity contribution is -0.157. The van der Waals surface area contributed by atoms with Crippen LogP contribution in [0.2, 0.25) is 0 Å². The fourth-order valence-electron chi connectivity index (χ4n) is 2.81. The normalized spacial score (nSPS) is 16.6. The van der Waals surface area contributed by atoms with Gasteiger partial charge in [-0.3, -0.25) is 24.0 Å². The van der Waals surface area contributed by atoms with Crippen LogP contribution in [0.1, 0.15) is 16.8 Å². The van der Waals surface area contributed by atoms with Gasteiger partial charge in [0.25, 0.3) is 5.91 Å². The van der Waals surface area contributed by atoms with Gasteiger partial charge >= 0.3 is 11.9 Å². The fraction of sp³-hybridized carbons (Fsp3) is 0.353. The molecule has 1 atom stereocenters. The summed E-state index contributed by atoms with van der Waals surface area (Å²) in [5.41, 5.74) is 6.30. The molecule has 1 aliphatic heterocycles. The number of nitrogens with two attached hydrogens (primary N) is 1. The van der Waals surface area contributed by atoms with Gasteiger partial charge in [0.05, 0.1) is 13.0 Å². The number of amides is 3. The molecule has 0 bridgehead atoms. The van der Waals surface area contributed by atoms with Crippen LogP contribution in [0, 0.1) is 0 Å². The van der Waals surface area contributed by atoms with Crippen molar-refractivity contribution >= 4 is 35.3 Å². The largest absolute Gasteiger partial charge is 0.481 e. The molecular weight excluding hydrogens is 372 g/mol. The molecule has 28 heavy (non-hydrogen) atoms. The number of nitrogens with zero attached hydrogens (tertiary/aromatic N) is 2. The van der Waals surface area contributed by atoms with Gasteiger partial charge in [-0.15, -0.1) is 0 Å². The van der Waals surface area contributed by atoms with E-state index in [4.69, 9.17) is 15.9 Å². The Morgan fingerprint density at radius 1 is 1.07 bits per heavy atom. The van der Waals surface area contributed by atoms with Gasteiger partial charge in [0.1, 0.15) is 12.6 Å². The number of carbonyl (C=O) groups is 5. The molecule has 0 aromatic heterocycles. The van der Waals surface area contributed by atoms with Crippen LogP contribution in [0.15, 0.2) is 24.3 Å². The average Bonchev–Trinajstić information content (AvgIpc) is 2.62. The molecule has 5 N–H and O–H groups in total. The maximum Gasteiger partial charge on any atom is 0.323 e. The Bertz CT molecular complexity index is 793. The Kier molecular flexibility index (Phi) is 6.53. The van der Waals surface area contributed by atoms with E-state index in [0.29, 0.717) is 5.69 Å². The summed E-state index contributed by atoms with van der Waals surface area (Å²) in [5, 5.41) is 20.3. The lowest BCUT2D eigenvalue weighted by Crippen LogP contribution is -2.61. The second-order valence-corrected chi connectivity index (χ2v) is 6.16. The SMILES string of the molecule is Nc1ccc(C(=O)NCC(=O)N2CCN(CC(=O)O)C(=O)[C@@H]2CC(=O)O)cc1. The molecule has 0 saturated carbocycles. The van der Waals surface area contributed by atoms with Crippen molar-refractivity contribution in [2.45, 2.75) is 12.5 Å². The maximum atomic E-state index is 12.5. The van der Waals surface area contributed by atoms with Crippen molar-refractivity contribution in [1.82, 2.24) is 15.1 Å². The van der Waals surface area contributed by atoms with Gasteiger partial charge in [0.15, 0.2) is 0 Å². The third-order valence-electron chi connectivity index (χ3n) is 4.17. The molecule has 1 aliphatic rings. The van der Waals surface area contributed by atoms with Crippen molar-refractivity contribution in [3.05, 3.63) is 29.8 Å². The van der Waals surface area contributed by atoms with Crippen LogP contribution < -0.4 is 11.1 Å². The first-order valence-electron chi connectivity index (χ1n) is 8.34. The molecule has 11 nitrogen and oxygen atoms in total. The van der Waals surface area contributed by atoms with Gasteiger partial charge < -0.3 is 31.1 Å². The zero-order chi connectivity index (χ0) is 20.8. The first-order chi connectivity index (χ1) is 13.2. The monoisotopic (exact) mass is 392 g/mol. The van der Waals surface area contributed by atoms with E-state index >= 15 is 0 Å². The number of aliphatic carboxylic acids is 2. The van der Waals surface area contributed by atoms with Crippen LogP contribution in [-0.4, -0.2) is 81.9 Å². The smallest absolute Gasteiger partial charge is 0.323 e. The Morgan fingerprint density at radius 3 is 2.29 bits per heavy atom. The summed E-state index contributed by atoms with van der Waals surface area (Å²) in [5.74, 6) is -4.47. The number of carboxylic acid groups (broad SMARTS) is 2. The topological polar surface area (TPSA) is 170 Å². The quantitative estimate of drug-likeness (QED) is 0.410. The number of carbonyl (C=O) groups excluding carboxylic acids is 3.